The van der Waals surface area contributed by atoms with Gasteiger partial charge in [0.05, 0.1) is 0 Å². The maximum absolute atomic E-state index is 10.7. The van der Waals surface area contributed by atoms with Crippen molar-refractivity contribution in [1.29, 1.82) is 0 Å². The van der Waals surface area contributed by atoms with Gasteiger partial charge in [0.2, 0.25) is 0 Å². The minimum Gasteiger partial charge on any atom is -0.460 e. The number of carbonyl (C=O) groups excluding carboxylic acids is 1. The fourth-order valence-electron chi connectivity index (χ4n) is 2.28. The van der Waals surface area contributed by atoms with Crippen molar-refractivity contribution in [3.05, 3.63) is 48.0 Å². The Hall–Kier alpha value is -1.83. The van der Waals surface area contributed by atoms with E-state index in [2.05, 4.69) is 25.1 Å². The van der Waals surface area contributed by atoms with E-state index in [0.29, 0.717) is 6.47 Å². The molecule has 2 nitrogen and oxygen atoms in total. The summed E-state index contributed by atoms with van der Waals surface area (Å²) in [6.45, 7) is 2.70. The standard InChI is InChI=1S/C16H18O2/c1-2-3-11-16(18-12-17)15-10-6-8-13-7-4-5-9-14(13)15/h4-10,12,16H,2-3,11H2,1H3. The van der Waals surface area contributed by atoms with E-state index in [4.69, 9.17) is 4.74 Å². The lowest BCUT2D eigenvalue weighted by Gasteiger charge is -2.17. The van der Waals surface area contributed by atoms with Gasteiger partial charge in [-0.1, -0.05) is 55.8 Å². The van der Waals surface area contributed by atoms with Crippen LogP contribution in [-0.2, 0) is 9.53 Å². The Labute approximate surface area is 108 Å². The summed E-state index contributed by atoms with van der Waals surface area (Å²) >= 11 is 0. The molecule has 2 aromatic carbocycles. The van der Waals surface area contributed by atoms with Crippen LogP contribution in [0.15, 0.2) is 42.5 Å². The van der Waals surface area contributed by atoms with Gasteiger partial charge in [0.1, 0.15) is 6.10 Å². The molecule has 0 radical (unpaired) electrons. The van der Waals surface area contributed by atoms with E-state index in [1.54, 1.807) is 0 Å². The molecule has 0 spiro atoms. The molecule has 94 valence electrons. The maximum Gasteiger partial charge on any atom is 0.293 e. The number of ether oxygens (including phenoxy) is 1. The predicted molar refractivity (Wildman–Crippen MR) is 73.4 cm³/mol. The Bertz CT molecular complexity index is 514. The van der Waals surface area contributed by atoms with Crippen LogP contribution in [-0.4, -0.2) is 6.47 Å². The fourth-order valence-corrected chi connectivity index (χ4v) is 2.28. The van der Waals surface area contributed by atoms with Crippen molar-refractivity contribution in [3.63, 3.8) is 0 Å². The molecule has 0 fully saturated rings. The van der Waals surface area contributed by atoms with E-state index >= 15 is 0 Å². The van der Waals surface area contributed by atoms with Crippen LogP contribution in [0.25, 0.3) is 10.8 Å². The molecular formula is C16H18O2. The van der Waals surface area contributed by atoms with Crippen LogP contribution in [0.1, 0.15) is 37.9 Å². The molecule has 0 heterocycles. The van der Waals surface area contributed by atoms with Gasteiger partial charge in [-0.25, -0.2) is 0 Å². The molecule has 2 rings (SSSR count). The Morgan fingerprint density at radius 3 is 2.72 bits per heavy atom. The molecular weight excluding hydrogens is 224 g/mol. The van der Waals surface area contributed by atoms with Crippen molar-refractivity contribution in [2.75, 3.05) is 0 Å². The van der Waals surface area contributed by atoms with Gasteiger partial charge >= 0.3 is 0 Å². The summed E-state index contributed by atoms with van der Waals surface area (Å²) in [4.78, 5) is 10.7. The second-order valence-electron chi connectivity index (χ2n) is 4.43. The van der Waals surface area contributed by atoms with Crippen LogP contribution in [0.5, 0.6) is 0 Å². The lowest BCUT2D eigenvalue weighted by Crippen LogP contribution is -2.04. The summed E-state index contributed by atoms with van der Waals surface area (Å²) in [6.07, 6.45) is 2.91. The maximum atomic E-state index is 10.7. The summed E-state index contributed by atoms with van der Waals surface area (Å²) < 4.78 is 5.26. The second kappa shape index (κ2) is 6.20. The van der Waals surface area contributed by atoms with E-state index in [9.17, 15) is 4.79 Å². The Balaban J connectivity index is 2.39. The number of rotatable bonds is 6. The zero-order chi connectivity index (χ0) is 12.8. The highest BCUT2D eigenvalue weighted by molar-refractivity contribution is 5.86. The first kappa shape index (κ1) is 12.6. The van der Waals surface area contributed by atoms with Crippen LogP contribution in [0.2, 0.25) is 0 Å². The third-order valence-corrected chi connectivity index (χ3v) is 3.21. The van der Waals surface area contributed by atoms with Gasteiger partial charge in [-0.2, -0.15) is 0 Å². The van der Waals surface area contributed by atoms with Crippen molar-refractivity contribution in [2.24, 2.45) is 0 Å². The molecule has 0 saturated carbocycles. The molecule has 1 atom stereocenters. The second-order valence-corrected chi connectivity index (χ2v) is 4.43. The third-order valence-electron chi connectivity index (χ3n) is 3.21. The van der Waals surface area contributed by atoms with Gasteiger partial charge in [0, 0.05) is 5.56 Å². The fraction of sp³-hybridized carbons (Fsp3) is 0.312. The zero-order valence-corrected chi connectivity index (χ0v) is 10.6. The molecule has 2 aromatic rings. The first-order valence-electron chi connectivity index (χ1n) is 6.43. The Kier molecular flexibility index (Phi) is 4.35. The number of benzene rings is 2. The van der Waals surface area contributed by atoms with Crippen molar-refractivity contribution in [1.82, 2.24) is 0 Å². The van der Waals surface area contributed by atoms with E-state index < -0.39 is 0 Å². The highest BCUT2D eigenvalue weighted by Crippen LogP contribution is 2.29. The number of carbonyl (C=O) groups is 1. The molecule has 18 heavy (non-hydrogen) atoms. The first-order chi connectivity index (χ1) is 8.86. The lowest BCUT2D eigenvalue weighted by atomic mass is 9.97. The van der Waals surface area contributed by atoms with E-state index in [-0.39, 0.29) is 6.10 Å². The average molecular weight is 242 g/mol. The smallest absolute Gasteiger partial charge is 0.293 e. The predicted octanol–water partition coefficient (Wildman–Crippen LogP) is 4.24. The van der Waals surface area contributed by atoms with E-state index in [0.717, 1.165) is 24.8 Å². The normalized spacial score (nSPS) is 12.3. The van der Waals surface area contributed by atoms with Crippen molar-refractivity contribution < 1.29 is 9.53 Å². The largest absolute Gasteiger partial charge is 0.460 e. The Morgan fingerprint density at radius 1 is 1.17 bits per heavy atom. The van der Waals surface area contributed by atoms with Crippen LogP contribution in [0, 0.1) is 0 Å². The highest BCUT2D eigenvalue weighted by atomic mass is 16.5. The molecule has 0 aliphatic heterocycles. The quantitative estimate of drug-likeness (QED) is 0.708. The summed E-state index contributed by atoms with van der Waals surface area (Å²) in [5.41, 5.74) is 1.11. The minimum absolute atomic E-state index is 0.131. The molecule has 0 aliphatic rings. The van der Waals surface area contributed by atoms with Crippen molar-refractivity contribution >= 4 is 17.2 Å². The van der Waals surface area contributed by atoms with E-state index in [1.807, 2.05) is 24.3 Å². The number of hydrogen-bond acceptors (Lipinski definition) is 2. The van der Waals surface area contributed by atoms with Crippen molar-refractivity contribution in [3.8, 4) is 0 Å². The highest BCUT2D eigenvalue weighted by Gasteiger charge is 2.14. The van der Waals surface area contributed by atoms with Crippen LogP contribution < -0.4 is 0 Å². The molecule has 1 unspecified atom stereocenters. The molecule has 0 saturated heterocycles. The Morgan fingerprint density at radius 2 is 1.94 bits per heavy atom. The summed E-state index contributed by atoms with van der Waals surface area (Å²) in [7, 11) is 0. The average Bonchev–Trinajstić information content (AvgIpc) is 2.43. The van der Waals surface area contributed by atoms with Gasteiger partial charge in [-0.15, -0.1) is 0 Å². The molecule has 2 heteroatoms. The third kappa shape index (κ3) is 2.70. The van der Waals surface area contributed by atoms with Gasteiger partial charge in [0.25, 0.3) is 6.47 Å². The summed E-state index contributed by atoms with van der Waals surface area (Å²) in [5, 5.41) is 2.36. The zero-order valence-electron chi connectivity index (χ0n) is 10.6. The lowest BCUT2D eigenvalue weighted by molar-refractivity contribution is -0.134. The number of fused-ring (bicyclic) bond motifs is 1. The number of unbranched alkanes of at least 4 members (excludes halogenated alkanes) is 1. The summed E-state index contributed by atoms with van der Waals surface area (Å²) in [6, 6.07) is 14.3. The SMILES string of the molecule is CCCCC(OC=O)c1cccc2ccccc12. The number of hydrogen-bond donors (Lipinski definition) is 0. The monoisotopic (exact) mass is 242 g/mol. The topological polar surface area (TPSA) is 26.3 Å². The molecule has 0 N–H and O–H groups in total. The van der Waals surface area contributed by atoms with Crippen LogP contribution in [0.3, 0.4) is 0 Å². The minimum atomic E-state index is -0.131. The first-order valence-corrected chi connectivity index (χ1v) is 6.43. The van der Waals surface area contributed by atoms with Gasteiger partial charge in [-0.3, -0.25) is 4.79 Å². The molecule has 0 amide bonds. The van der Waals surface area contributed by atoms with Gasteiger partial charge < -0.3 is 4.74 Å². The van der Waals surface area contributed by atoms with E-state index in [1.165, 1.54) is 10.8 Å². The summed E-state index contributed by atoms with van der Waals surface area (Å²) in [5.74, 6) is 0. The molecule has 0 aromatic heterocycles. The van der Waals surface area contributed by atoms with Crippen LogP contribution >= 0.6 is 0 Å². The van der Waals surface area contributed by atoms with Crippen molar-refractivity contribution in [2.45, 2.75) is 32.3 Å². The van der Waals surface area contributed by atoms with Crippen LogP contribution in [0.4, 0.5) is 0 Å². The molecule has 0 bridgehead atoms. The van der Waals surface area contributed by atoms with Gasteiger partial charge in [0.15, 0.2) is 0 Å². The molecule has 0 aliphatic carbocycles. The van der Waals surface area contributed by atoms with Gasteiger partial charge in [-0.05, 0) is 23.6 Å².